The van der Waals surface area contributed by atoms with Gasteiger partial charge >= 0.3 is 0 Å². The Hall–Kier alpha value is -3.47. The molecular weight excluding hydrogens is 550 g/mol. The van der Waals surface area contributed by atoms with Crippen LogP contribution in [0.2, 0.25) is 5.02 Å². The molecule has 4 aromatic rings. The summed E-state index contributed by atoms with van der Waals surface area (Å²) >= 11 is 5.75. The van der Waals surface area contributed by atoms with Gasteiger partial charge in [0.2, 0.25) is 5.88 Å². The topological polar surface area (TPSA) is 77.7 Å². The van der Waals surface area contributed by atoms with Crippen LogP contribution < -0.4 is 4.74 Å². The molecule has 2 aliphatic rings. The average Bonchev–Trinajstić information content (AvgIpc) is 3.25. The van der Waals surface area contributed by atoms with Crippen LogP contribution in [0, 0.1) is 18.6 Å². The van der Waals surface area contributed by atoms with E-state index < -0.39 is 11.6 Å². The molecule has 0 saturated carbocycles. The number of rotatable bonds is 8. The summed E-state index contributed by atoms with van der Waals surface area (Å²) in [5.41, 5.74) is 6.21. The van der Waals surface area contributed by atoms with Crippen LogP contribution in [0.4, 0.5) is 8.78 Å². The van der Waals surface area contributed by atoms with Crippen molar-refractivity contribution < 1.29 is 18.3 Å². The second-order valence-corrected chi connectivity index (χ2v) is 11.0. The zero-order chi connectivity index (χ0) is 28.7. The number of aryl methyl sites for hydroxylation is 1. The number of pyridine rings is 2. The molecule has 6 rings (SSSR count). The van der Waals surface area contributed by atoms with Crippen molar-refractivity contribution in [3.63, 3.8) is 0 Å². The summed E-state index contributed by atoms with van der Waals surface area (Å²) in [5, 5.41) is 0.00168. The highest BCUT2D eigenvalue weighted by Crippen LogP contribution is 2.28. The van der Waals surface area contributed by atoms with Crippen molar-refractivity contribution in [1.29, 1.82) is 0 Å². The molecule has 0 amide bonds. The number of nitrogens with zero attached hydrogens (tertiary/aromatic N) is 6. The number of aromatic nitrogens is 4. The Balaban J connectivity index is 1.23. The highest BCUT2D eigenvalue weighted by Gasteiger charge is 2.26. The van der Waals surface area contributed by atoms with Crippen molar-refractivity contribution in [2.45, 2.75) is 59.0 Å². The van der Waals surface area contributed by atoms with Crippen LogP contribution in [-0.2, 0) is 37.4 Å². The minimum absolute atomic E-state index is 0.00168. The van der Waals surface area contributed by atoms with E-state index in [4.69, 9.17) is 36.0 Å². The molecular formula is C30H31ClF2N6O2. The van der Waals surface area contributed by atoms with E-state index in [0.717, 1.165) is 83.2 Å². The van der Waals surface area contributed by atoms with E-state index in [2.05, 4.69) is 20.5 Å². The quantitative estimate of drug-likeness (QED) is 0.259. The smallest absolute Gasteiger partial charge is 0.216 e. The minimum atomic E-state index is -0.745. The van der Waals surface area contributed by atoms with Crippen molar-refractivity contribution in [3.8, 4) is 5.88 Å². The molecule has 0 radical (unpaired) electrons. The first-order valence-corrected chi connectivity index (χ1v) is 14.1. The highest BCUT2D eigenvalue weighted by molar-refractivity contribution is 6.30. The maximum Gasteiger partial charge on any atom is 0.216 e. The van der Waals surface area contributed by atoms with Crippen LogP contribution in [0.3, 0.4) is 0 Å². The first-order chi connectivity index (χ1) is 19.8. The molecule has 11 heteroatoms. The third kappa shape index (κ3) is 5.68. The fraction of sp³-hybridized carbons (Fsp3) is 0.400. The number of ether oxygens (including phenoxy) is 2. The maximum atomic E-state index is 14.3. The molecule has 1 aromatic carbocycles. The van der Waals surface area contributed by atoms with Crippen LogP contribution in [0.25, 0.3) is 11.2 Å². The minimum Gasteiger partial charge on any atom is -0.472 e. The predicted molar refractivity (Wildman–Crippen MR) is 153 cm³/mol. The van der Waals surface area contributed by atoms with Crippen molar-refractivity contribution in [2.24, 2.45) is 4.99 Å². The predicted octanol–water partition coefficient (Wildman–Crippen LogP) is 5.43. The summed E-state index contributed by atoms with van der Waals surface area (Å²) in [7, 11) is 1.77. The molecule has 41 heavy (non-hydrogen) atoms. The molecule has 8 nitrogen and oxygen atoms in total. The molecule has 1 fully saturated rings. The zero-order valence-corrected chi connectivity index (χ0v) is 24.0. The molecule has 0 N–H and O–H groups in total. The van der Waals surface area contributed by atoms with Gasteiger partial charge in [-0.3, -0.25) is 9.89 Å². The maximum absolute atomic E-state index is 14.3. The van der Waals surface area contributed by atoms with Gasteiger partial charge in [0, 0.05) is 54.8 Å². The van der Waals surface area contributed by atoms with E-state index in [1.54, 1.807) is 7.05 Å². The van der Waals surface area contributed by atoms with Gasteiger partial charge in [-0.05, 0) is 56.5 Å². The van der Waals surface area contributed by atoms with E-state index in [9.17, 15) is 8.78 Å². The number of fused-ring (bicyclic) bond motifs is 2. The second kappa shape index (κ2) is 11.4. The third-order valence-electron chi connectivity index (χ3n) is 7.83. The second-order valence-electron chi connectivity index (χ2n) is 10.6. The number of halogens is 3. The Labute approximate surface area is 242 Å². The van der Waals surface area contributed by atoms with E-state index in [-0.39, 0.29) is 23.3 Å². The molecule has 1 atom stereocenters. The number of benzene rings is 1. The van der Waals surface area contributed by atoms with Gasteiger partial charge in [-0.15, -0.1) is 0 Å². The van der Waals surface area contributed by atoms with Crippen LogP contribution in [0.1, 0.15) is 47.1 Å². The highest BCUT2D eigenvalue weighted by atomic mass is 35.5. The number of hydrogen-bond donors (Lipinski definition) is 0. The summed E-state index contributed by atoms with van der Waals surface area (Å²) < 4.78 is 42.3. The van der Waals surface area contributed by atoms with Gasteiger partial charge in [0.15, 0.2) is 5.65 Å². The Kier molecular flexibility index (Phi) is 7.72. The number of hydrogen-bond acceptors (Lipinski definition) is 7. The van der Waals surface area contributed by atoms with Crippen molar-refractivity contribution in [2.75, 3.05) is 20.2 Å². The van der Waals surface area contributed by atoms with E-state index in [1.165, 1.54) is 0 Å². The lowest BCUT2D eigenvalue weighted by molar-refractivity contribution is -0.0592. The van der Waals surface area contributed by atoms with Crippen LogP contribution in [-0.4, -0.2) is 56.4 Å². The largest absolute Gasteiger partial charge is 0.472 e. The molecule has 0 unspecified atom stereocenters. The first kappa shape index (κ1) is 27.7. The fourth-order valence-electron chi connectivity index (χ4n) is 5.27. The molecule has 5 heterocycles. The summed E-state index contributed by atoms with van der Waals surface area (Å²) in [4.78, 5) is 21.1. The Bertz CT molecular complexity index is 1630. The van der Waals surface area contributed by atoms with Gasteiger partial charge < -0.3 is 14.0 Å². The van der Waals surface area contributed by atoms with Crippen molar-refractivity contribution in [1.82, 2.24) is 24.4 Å². The lowest BCUT2D eigenvalue weighted by Crippen LogP contribution is -2.34. The first-order valence-electron chi connectivity index (χ1n) is 13.7. The standard InChI is InChI=1S/C30H31ClF2N6O2/c1-17-8-19-4-6-38(14-27(19)37-30(17)41-16-23-24(32)10-21(31)11-25(23)33)15-28-36-26-9-20(18(2)34-3)12-35-29(26)39(28)13-22-5-7-40-22/h8-12,22H,4-7,13-16H2,1-3H3/t22-/m0/s1. The summed E-state index contributed by atoms with van der Waals surface area (Å²) in [6.45, 7) is 7.12. The SMILES string of the molecule is CN=C(C)c1cnc2c(c1)nc(CN1CCc3cc(C)c(OCc4c(F)cc(Cl)cc4F)nc3C1)n2C[C@@H]1CCO1. The molecule has 0 aliphatic carbocycles. The van der Waals surface area contributed by atoms with E-state index in [0.29, 0.717) is 25.5 Å². The number of imidazole rings is 1. The normalized spacial score (nSPS) is 17.5. The Morgan fingerprint density at radius 3 is 2.68 bits per heavy atom. The van der Waals surface area contributed by atoms with Gasteiger partial charge in [0.25, 0.3) is 0 Å². The van der Waals surface area contributed by atoms with Crippen LogP contribution in [0.15, 0.2) is 35.5 Å². The van der Waals surface area contributed by atoms with Gasteiger partial charge in [0.05, 0.1) is 30.5 Å². The van der Waals surface area contributed by atoms with Crippen molar-refractivity contribution >= 4 is 28.5 Å². The van der Waals surface area contributed by atoms with Gasteiger partial charge in [0.1, 0.15) is 29.6 Å². The summed E-state index contributed by atoms with van der Waals surface area (Å²) in [6.07, 6.45) is 3.85. The summed E-state index contributed by atoms with van der Waals surface area (Å²) in [5.74, 6) is -0.207. The van der Waals surface area contributed by atoms with Gasteiger partial charge in [-0.1, -0.05) is 11.6 Å². The van der Waals surface area contributed by atoms with Crippen LogP contribution >= 0.6 is 11.6 Å². The fourth-order valence-corrected chi connectivity index (χ4v) is 5.46. The molecule has 0 spiro atoms. The lowest BCUT2D eigenvalue weighted by Gasteiger charge is -2.30. The average molecular weight is 581 g/mol. The van der Waals surface area contributed by atoms with Gasteiger partial charge in [-0.25, -0.2) is 23.7 Å². The van der Waals surface area contributed by atoms with Gasteiger partial charge in [-0.2, -0.15) is 0 Å². The number of aliphatic imine (C=N–C) groups is 1. The monoisotopic (exact) mass is 580 g/mol. The Morgan fingerprint density at radius 2 is 1.98 bits per heavy atom. The van der Waals surface area contributed by atoms with E-state index >= 15 is 0 Å². The Morgan fingerprint density at radius 1 is 1.20 bits per heavy atom. The van der Waals surface area contributed by atoms with E-state index in [1.807, 2.05) is 26.1 Å². The molecule has 1 saturated heterocycles. The molecule has 0 bridgehead atoms. The molecule has 2 aliphatic heterocycles. The third-order valence-corrected chi connectivity index (χ3v) is 8.05. The zero-order valence-electron chi connectivity index (χ0n) is 23.3. The van der Waals surface area contributed by atoms with Crippen molar-refractivity contribution in [3.05, 3.63) is 80.9 Å². The molecule has 214 valence electrons. The van der Waals surface area contributed by atoms with Crippen LogP contribution in [0.5, 0.6) is 5.88 Å². The lowest BCUT2D eigenvalue weighted by atomic mass is 10.0. The molecule has 3 aromatic heterocycles. The summed E-state index contributed by atoms with van der Waals surface area (Å²) in [6, 6.07) is 6.25.